The maximum Gasteiger partial charge on any atom is 0.263 e. The summed E-state index contributed by atoms with van der Waals surface area (Å²) >= 11 is 0. The Hall–Kier alpha value is -5.52. The molecular weight excluding hydrogens is 869 g/mol. The molecule has 0 aromatic carbocycles. The van der Waals surface area contributed by atoms with Crippen LogP contribution < -0.4 is 21.8 Å². The molecule has 0 radical (unpaired) electrons. The summed E-state index contributed by atoms with van der Waals surface area (Å²) in [5.41, 5.74) is 1.33. The number of aromatic nitrogens is 6. The topological polar surface area (TPSA) is 253 Å². The zero-order valence-electron chi connectivity index (χ0n) is 36.3. The summed E-state index contributed by atoms with van der Waals surface area (Å²) in [5.74, 6) is -3.73. The second-order valence-electron chi connectivity index (χ2n) is 16.2. The average molecular weight is 923 g/mol. The van der Waals surface area contributed by atoms with E-state index in [0.717, 1.165) is 0 Å². The van der Waals surface area contributed by atoms with Crippen molar-refractivity contribution in [1.82, 2.24) is 47.5 Å². The molecular formula is C42H54N10O10S2. The van der Waals surface area contributed by atoms with E-state index in [0.29, 0.717) is 35.6 Å². The van der Waals surface area contributed by atoms with Gasteiger partial charge in [-0.3, -0.25) is 19.2 Å². The summed E-state index contributed by atoms with van der Waals surface area (Å²) in [4.78, 5) is 60.4. The Morgan fingerprint density at radius 2 is 1.06 bits per heavy atom. The molecule has 344 valence electrons. The van der Waals surface area contributed by atoms with Crippen molar-refractivity contribution in [2.45, 2.75) is 75.0 Å². The summed E-state index contributed by atoms with van der Waals surface area (Å²) in [7, 11) is -4.85. The molecule has 20 nitrogen and oxygen atoms in total. The molecule has 4 aromatic heterocycles. The molecule has 4 bridgehead atoms. The Labute approximate surface area is 370 Å². The molecule has 2 fully saturated rings. The van der Waals surface area contributed by atoms with Gasteiger partial charge in [-0.2, -0.15) is 8.61 Å². The Balaban J connectivity index is 0.000000191. The lowest BCUT2D eigenvalue weighted by Gasteiger charge is -2.36. The zero-order valence-corrected chi connectivity index (χ0v) is 38.0. The van der Waals surface area contributed by atoms with Crippen LogP contribution >= 0.6 is 0 Å². The molecule has 22 heteroatoms. The first-order valence-electron chi connectivity index (χ1n) is 21.0. The number of amides is 2. The third-order valence-corrected chi connectivity index (χ3v) is 16.1. The number of aryl methyl sites for hydroxylation is 2. The van der Waals surface area contributed by atoms with Gasteiger partial charge in [-0.15, -0.1) is 0 Å². The quantitative estimate of drug-likeness (QED) is 0.149. The van der Waals surface area contributed by atoms with Gasteiger partial charge in [0, 0.05) is 112 Å². The fraction of sp³-hybridized carbons (Fsp3) is 0.476. The molecule has 8 atom stereocenters. The summed E-state index contributed by atoms with van der Waals surface area (Å²) < 4.78 is 63.3. The molecule has 4 aliphatic rings. The fourth-order valence-corrected chi connectivity index (χ4v) is 13.5. The van der Waals surface area contributed by atoms with E-state index in [-0.39, 0.29) is 59.3 Å². The van der Waals surface area contributed by atoms with Gasteiger partial charge in [0.15, 0.2) is 10.1 Å². The van der Waals surface area contributed by atoms with Gasteiger partial charge in [-0.1, -0.05) is 24.3 Å². The van der Waals surface area contributed by atoms with Crippen molar-refractivity contribution in [3.05, 3.63) is 105 Å². The highest BCUT2D eigenvalue weighted by Crippen LogP contribution is 2.52. The molecule has 0 unspecified atom stereocenters. The van der Waals surface area contributed by atoms with E-state index in [1.54, 1.807) is 90.4 Å². The number of imidazole rings is 2. The SMILES string of the molecule is C/C=C/c1ccc2n(c1=O)C[C@H]1[C@H](CO)[C@@H](C(=O)NCC)[C@@H]2N1S(=O)(=O)c1cn(C)cn1.C/C=C\c1ccc2n(c1=O)C[C@H]1[C@H](CO)[C@@H](C(=O)NCC)[C@@H]2N1S(=O)(=O)c1cn(C)cn1. The molecule has 0 spiro atoms. The van der Waals surface area contributed by atoms with E-state index in [4.69, 9.17) is 0 Å². The number of carbonyl (C=O) groups is 2. The number of hydrogen-bond donors (Lipinski definition) is 4. The third-order valence-electron chi connectivity index (χ3n) is 12.5. The number of aliphatic hydroxyl groups is 2. The van der Waals surface area contributed by atoms with Crippen molar-refractivity contribution in [3.8, 4) is 0 Å². The monoisotopic (exact) mass is 922 g/mol. The molecule has 0 saturated carbocycles. The number of nitrogens with zero attached hydrogens (tertiary/aromatic N) is 8. The van der Waals surface area contributed by atoms with Gasteiger partial charge < -0.3 is 39.1 Å². The van der Waals surface area contributed by atoms with E-state index in [9.17, 15) is 46.2 Å². The Bertz CT molecular complexity index is 2650. The minimum atomic E-state index is -4.10. The first-order chi connectivity index (χ1) is 30.5. The van der Waals surface area contributed by atoms with Crippen LogP contribution in [0.3, 0.4) is 0 Å². The van der Waals surface area contributed by atoms with Crippen molar-refractivity contribution >= 4 is 44.0 Å². The molecule has 4 N–H and O–H groups in total. The predicted octanol–water partition coefficient (Wildman–Crippen LogP) is 0.207. The first kappa shape index (κ1) is 46.5. The molecule has 2 amide bonds. The number of aliphatic hydroxyl groups excluding tert-OH is 2. The first-order valence-corrected chi connectivity index (χ1v) is 23.9. The maximum absolute atomic E-state index is 13.7. The van der Waals surface area contributed by atoms with E-state index in [2.05, 4.69) is 20.6 Å². The highest BCUT2D eigenvalue weighted by molar-refractivity contribution is 7.89. The lowest BCUT2D eigenvalue weighted by atomic mass is 9.86. The number of pyridine rings is 2. The van der Waals surface area contributed by atoms with Gasteiger partial charge in [0.1, 0.15) is 0 Å². The van der Waals surface area contributed by atoms with Crippen LogP contribution in [-0.4, -0.2) is 114 Å². The standard InChI is InChI=1S/2C21H27N5O5S/c2*1-4-6-13-7-8-15-19-18(20(28)22-5-2)14(11-27)16(9-25(15)21(13)29)26(19)32(30,31)17-10-24(3)12-23-17/h2*4,6-8,10,12,14,16,18-19,27H,5,9,11H2,1-3H3,(H,22,28)/b6-4+;6-4-/t2*14-,16-,18+,19+/m00/s1. The normalized spacial score (nSPS) is 25.2. The van der Waals surface area contributed by atoms with Gasteiger partial charge in [0.25, 0.3) is 31.2 Å². The molecule has 2 saturated heterocycles. The molecule has 8 heterocycles. The second-order valence-corrected chi connectivity index (χ2v) is 19.8. The van der Waals surface area contributed by atoms with Gasteiger partial charge in [0.05, 0.1) is 36.6 Å². The maximum atomic E-state index is 13.7. The number of sulfonamides is 2. The van der Waals surface area contributed by atoms with Gasteiger partial charge in [-0.25, -0.2) is 26.8 Å². The highest BCUT2D eigenvalue weighted by Gasteiger charge is 2.61. The fourth-order valence-electron chi connectivity index (χ4n) is 9.86. The largest absolute Gasteiger partial charge is 0.396 e. The zero-order chi connectivity index (χ0) is 46.4. The number of rotatable bonds is 12. The molecule has 4 aromatic rings. The number of carbonyl (C=O) groups excluding carboxylic acids is 2. The van der Waals surface area contributed by atoms with Crippen LogP contribution in [0.15, 0.2) is 81.1 Å². The van der Waals surface area contributed by atoms with Gasteiger partial charge in [0.2, 0.25) is 11.8 Å². The van der Waals surface area contributed by atoms with Crippen LogP contribution in [0.25, 0.3) is 12.2 Å². The van der Waals surface area contributed by atoms with Gasteiger partial charge in [-0.05, 0) is 52.0 Å². The lowest BCUT2D eigenvalue weighted by Crippen LogP contribution is -2.49. The van der Waals surface area contributed by atoms with E-state index in [1.807, 2.05) is 0 Å². The Morgan fingerprint density at radius 1 is 0.688 bits per heavy atom. The predicted molar refractivity (Wildman–Crippen MR) is 234 cm³/mol. The van der Waals surface area contributed by atoms with Crippen molar-refractivity contribution in [1.29, 1.82) is 0 Å². The van der Waals surface area contributed by atoms with Crippen LogP contribution in [0.2, 0.25) is 0 Å². The van der Waals surface area contributed by atoms with Crippen molar-refractivity contribution in [2.75, 3.05) is 26.3 Å². The second kappa shape index (κ2) is 18.2. The lowest BCUT2D eigenvalue weighted by molar-refractivity contribution is -0.128. The van der Waals surface area contributed by atoms with Crippen LogP contribution in [0, 0.1) is 23.7 Å². The van der Waals surface area contributed by atoms with Crippen molar-refractivity contribution in [3.63, 3.8) is 0 Å². The highest BCUT2D eigenvalue weighted by atomic mass is 32.2. The smallest absolute Gasteiger partial charge is 0.263 e. The third kappa shape index (κ3) is 7.68. The number of allylic oxidation sites excluding steroid dienone is 2. The number of fused-ring (bicyclic) bond motifs is 8. The van der Waals surface area contributed by atoms with Crippen LogP contribution in [-0.2, 0) is 56.8 Å². The minimum absolute atomic E-state index is 0.0449. The summed E-state index contributed by atoms with van der Waals surface area (Å²) in [6, 6.07) is 3.28. The molecule has 0 aliphatic carbocycles. The minimum Gasteiger partial charge on any atom is -0.396 e. The van der Waals surface area contributed by atoms with E-state index >= 15 is 0 Å². The van der Waals surface area contributed by atoms with Gasteiger partial charge >= 0.3 is 0 Å². The Kier molecular flexibility index (Phi) is 13.2. The summed E-state index contributed by atoms with van der Waals surface area (Å²) in [6.07, 6.45) is 12.5. The van der Waals surface area contributed by atoms with E-state index < -0.39 is 67.9 Å². The van der Waals surface area contributed by atoms with Crippen LogP contribution in [0.5, 0.6) is 0 Å². The molecule has 64 heavy (non-hydrogen) atoms. The summed E-state index contributed by atoms with van der Waals surface area (Å²) in [6.45, 7) is 7.21. The number of hydrogen-bond acceptors (Lipinski definition) is 12. The van der Waals surface area contributed by atoms with Crippen molar-refractivity contribution in [2.24, 2.45) is 37.8 Å². The molecule has 4 aliphatic heterocycles. The van der Waals surface area contributed by atoms with Crippen LogP contribution in [0.4, 0.5) is 0 Å². The van der Waals surface area contributed by atoms with Crippen LogP contribution in [0.1, 0.15) is 62.3 Å². The Morgan fingerprint density at radius 3 is 1.36 bits per heavy atom. The summed E-state index contributed by atoms with van der Waals surface area (Å²) in [5, 5.41) is 25.7. The van der Waals surface area contributed by atoms with E-state index in [1.165, 1.54) is 51.9 Å². The van der Waals surface area contributed by atoms with Crippen molar-refractivity contribution < 1.29 is 36.6 Å². The molecule has 8 rings (SSSR count). The average Bonchev–Trinajstić information content (AvgIpc) is 4.02. The number of nitrogens with one attached hydrogen (secondary N) is 2.